The molecule has 3 rings (SSSR count). The molecule has 1 saturated heterocycles. The van der Waals surface area contributed by atoms with Gasteiger partial charge in [-0.15, -0.1) is 0 Å². The van der Waals surface area contributed by atoms with Crippen molar-refractivity contribution in [1.29, 1.82) is 0 Å². The number of anilines is 1. The van der Waals surface area contributed by atoms with E-state index >= 15 is 0 Å². The second-order valence-corrected chi connectivity index (χ2v) is 5.92. The molecule has 1 amide bonds. The summed E-state index contributed by atoms with van der Waals surface area (Å²) in [5.74, 6) is -1.31. The summed E-state index contributed by atoms with van der Waals surface area (Å²) >= 11 is 0. The summed E-state index contributed by atoms with van der Waals surface area (Å²) in [5.41, 5.74) is 1.12. The number of halogens is 2. The number of carbonyl (C=O) groups is 1. The third-order valence-electron chi connectivity index (χ3n) is 4.21. The fourth-order valence-electron chi connectivity index (χ4n) is 2.90. The molecule has 1 fully saturated rings. The van der Waals surface area contributed by atoms with Gasteiger partial charge in [-0.3, -0.25) is 9.48 Å². The average Bonchev–Trinajstić information content (AvgIpc) is 3.01. The highest BCUT2D eigenvalue weighted by Crippen LogP contribution is 2.20. The van der Waals surface area contributed by atoms with Crippen molar-refractivity contribution in [3.63, 3.8) is 0 Å². The van der Waals surface area contributed by atoms with Crippen LogP contribution < -0.4 is 5.32 Å². The summed E-state index contributed by atoms with van der Waals surface area (Å²) in [6, 6.07) is 3.09. The minimum absolute atomic E-state index is 0.0748. The van der Waals surface area contributed by atoms with Crippen LogP contribution in [0.15, 0.2) is 30.6 Å². The van der Waals surface area contributed by atoms with E-state index in [9.17, 15) is 13.6 Å². The van der Waals surface area contributed by atoms with Crippen molar-refractivity contribution in [2.45, 2.75) is 38.9 Å². The van der Waals surface area contributed by atoms with Gasteiger partial charge in [0.1, 0.15) is 17.7 Å². The Kier molecular flexibility index (Phi) is 4.78. The van der Waals surface area contributed by atoms with E-state index in [1.165, 1.54) is 12.1 Å². The fraction of sp³-hybridized carbons (Fsp3) is 0.412. The standard InChI is InChI=1S/C17H20F2N4O/c1-2-23-11-14(9-20-23)21-16-4-3-7-22(17(16)24)10-12-5-6-13(18)8-15(12)19/h5-6,8-9,11,16,21H,2-4,7,10H2,1H3/t16-/m0/s1. The lowest BCUT2D eigenvalue weighted by Gasteiger charge is -2.33. The Balaban J connectivity index is 1.68. The Morgan fingerprint density at radius 1 is 1.38 bits per heavy atom. The number of hydrogen-bond acceptors (Lipinski definition) is 3. The van der Waals surface area contributed by atoms with Gasteiger partial charge in [0.15, 0.2) is 0 Å². The van der Waals surface area contributed by atoms with Gasteiger partial charge in [0.2, 0.25) is 5.91 Å². The second-order valence-electron chi connectivity index (χ2n) is 5.92. The molecule has 0 saturated carbocycles. The first-order valence-corrected chi connectivity index (χ1v) is 8.08. The van der Waals surface area contributed by atoms with E-state index in [0.29, 0.717) is 12.1 Å². The predicted octanol–water partition coefficient (Wildman–Crippen LogP) is 2.78. The molecule has 0 radical (unpaired) electrons. The third kappa shape index (κ3) is 3.55. The first-order chi connectivity index (χ1) is 11.6. The first-order valence-electron chi connectivity index (χ1n) is 8.08. The minimum atomic E-state index is -0.623. The van der Waals surface area contributed by atoms with E-state index in [1.807, 2.05) is 13.1 Å². The van der Waals surface area contributed by atoms with E-state index in [2.05, 4.69) is 10.4 Å². The highest BCUT2D eigenvalue weighted by atomic mass is 19.1. The molecule has 1 N–H and O–H groups in total. The van der Waals surface area contributed by atoms with E-state index in [0.717, 1.165) is 31.1 Å². The molecule has 0 unspecified atom stereocenters. The molecule has 1 aromatic heterocycles. The number of amides is 1. The number of carbonyl (C=O) groups excluding carboxylic acids is 1. The molecule has 7 heteroatoms. The van der Waals surface area contributed by atoms with Crippen LogP contribution in [0, 0.1) is 11.6 Å². The Labute approximate surface area is 139 Å². The van der Waals surface area contributed by atoms with Gasteiger partial charge >= 0.3 is 0 Å². The molecule has 2 aromatic rings. The summed E-state index contributed by atoms with van der Waals surface area (Å²) < 4.78 is 28.6. The monoisotopic (exact) mass is 334 g/mol. The van der Waals surface area contributed by atoms with Crippen molar-refractivity contribution < 1.29 is 13.6 Å². The third-order valence-corrected chi connectivity index (χ3v) is 4.21. The Morgan fingerprint density at radius 3 is 2.92 bits per heavy atom. The Hall–Kier alpha value is -2.44. The zero-order chi connectivity index (χ0) is 17.1. The molecule has 128 valence electrons. The van der Waals surface area contributed by atoms with Crippen molar-refractivity contribution in [1.82, 2.24) is 14.7 Å². The van der Waals surface area contributed by atoms with Crippen LogP contribution in [0.2, 0.25) is 0 Å². The molecule has 1 aliphatic heterocycles. The number of aromatic nitrogens is 2. The lowest BCUT2D eigenvalue weighted by molar-refractivity contribution is -0.134. The van der Waals surface area contributed by atoms with Crippen LogP contribution in [0.4, 0.5) is 14.5 Å². The zero-order valence-electron chi connectivity index (χ0n) is 13.5. The maximum absolute atomic E-state index is 13.8. The van der Waals surface area contributed by atoms with Crippen molar-refractivity contribution in [2.24, 2.45) is 0 Å². The van der Waals surface area contributed by atoms with Crippen molar-refractivity contribution in [3.05, 3.63) is 47.8 Å². The van der Waals surface area contributed by atoms with Crippen LogP contribution in [0.5, 0.6) is 0 Å². The lowest BCUT2D eigenvalue weighted by atomic mass is 10.0. The van der Waals surface area contributed by atoms with Gasteiger partial charge in [-0.05, 0) is 25.8 Å². The van der Waals surface area contributed by atoms with Gasteiger partial charge in [-0.25, -0.2) is 8.78 Å². The van der Waals surface area contributed by atoms with Crippen LogP contribution in [0.1, 0.15) is 25.3 Å². The average molecular weight is 334 g/mol. The Bertz CT molecular complexity index is 731. The highest BCUT2D eigenvalue weighted by Gasteiger charge is 2.29. The van der Waals surface area contributed by atoms with Gasteiger partial charge in [0, 0.05) is 37.5 Å². The second kappa shape index (κ2) is 6.98. The quantitative estimate of drug-likeness (QED) is 0.915. The minimum Gasteiger partial charge on any atom is -0.371 e. The summed E-state index contributed by atoms with van der Waals surface area (Å²) in [4.78, 5) is 14.2. The SMILES string of the molecule is CCn1cc(N[C@H]2CCCN(Cc3ccc(F)cc3F)C2=O)cn1. The van der Waals surface area contributed by atoms with Gasteiger partial charge in [-0.2, -0.15) is 5.10 Å². The molecular weight excluding hydrogens is 314 g/mol. The van der Waals surface area contributed by atoms with Gasteiger partial charge in [0.05, 0.1) is 11.9 Å². The summed E-state index contributed by atoms with van der Waals surface area (Å²) in [7, 11) is 0. The van der Waals surface area contributed by atoms with Gasteiger partial charge in [0.25, 0.3) is 0 Å². The zero-order valence-corrected chi connectivity index (χ0v) is 13.5. The van der Waals surface area contributed by atoms with Crippen LogP contribution in [-0.4, -0.2) is 33.2 Å². The Morgan fingerprint density at radius 2 is 2.21 bits per heavy atom. The van der Waals surface area contributed by atoms with E-state index in [-0.39, 0.29) is 18.5 Å². The summed E-state index contributed by atoms with van der Waals surface area (Å²) in [6.07, 6.45) is 5.09. The number of nitrogens with one attached hydrogen (secondary N) is 1. The van der Waals surface area contributed by atoms with Crippen molar-refractivity contribution in [2.75, 3.05) is 11.9 Å². The smallest absolute Gasteiger partial charge is 0.245 e. The van der Waals surface area contributed by atoms with Crippen LogP contribution in [-0.2, 0) is 17.9 Å². The number of benzene rings is 1. The summed E-state index contributed by atoms with van der Waals surface area (Å²) in [5, 5.41) is 7.37. The van der Waals surface area contributed by atoms with E-state index in [1.54, 1.807) is 15.8 Å². The normalized spacial score (nSPS) is 18.0. The van der Waals surface area contributed by atoms with Crippen LogP contribution in [0.3, 0.4) is 0 Å². The first kappa shape index (κ1) is 16.4. The lowest BCUT2D eigenvalue weighted by Crippen LogP contribution is -2.47. The predicted molar refractivity (Wildman–Crippen MR) is 86.3 cm³/mol. The largest absolute Gasteiger partial charge is 0.371 e. The number of rotatable bonds is 5. The molecule has 5 nitrogen and oxygen atoms in total. The van der Waals surface area contributed by atoms with Crippen LogP contribution >= 0.6 is 0 Å². The highest BCUT2D eigenvalue weighted by molar-refractivity contribution is 5.85. The number of piperidine rings is 1. The van der Waals surface area contributed by atoms with Crippen LogP contribution in [0.25, 0.3) is 0 Å². The maximum atomic E-state index is 13.8. The molecule has 0 spiro atoms. The number of aryl methyl sites for hydroxylation is 1. The molecule has 1 atom stereocenters. The van der Waals surface area contributed by atoms with E-state index < -0.39 is 11.6 Å². The van der Waals surface area contributed by atoms with Crippen molar-refractivity contribution in [3.8, 4) is 0 Å². The fourth-order valence-corrected chi connectivity index (χ4v) is 2.90. The molecule has 24 heavy (non-hydrogen) atoms. The molecular formula is C17H20F2N4O. The summed E-state index contributed by atoms with van der Waals surface area (Å²) in [6.45, 7) is 3.47. The molecule has 1 aliphatic rings. The number of likely N-dealkylation sites (tertiary alicyclic amines) is 1. The maximum Gasteiger partial charge on any atom is 0.245 e. The molecule has 2 heterocycles. The van der Waals surface area contributed by atoms with E-state index in [4.69, 9.17) is 0 Å². The van der Waals surface area contributed by atoms with Gasteiger partial charge < -0.3 is 10.2 Å². The topological polar surface area (TPSA) is 50.2 Å². The number of nitrogens with zero attached hydrogens (tertiary/aromatic N) is 3. The van der Waals surface area contributed by atoms with Crippen molar-refractivity contribution >= 4 is 11.6 Å². The van der Waals surface area contributed by atoms with Gasteiger partial charge in [-0.1, -0.05) is 6.07 Å². The molecule has 0 aliphatic carbocycles. The molecule has 0 bridgehead atoms. The number of hydrogen-bond donors (Lipinski definition) is 1. The molecule has 1 aromatic carbocycles.